The first kappa shape index (κ1) is 19.8. The van der Waals surface area contributed by atoms with Gasteiger partial charge in [0.1, 0.15) is 12.5 Å². The Hall–Kier alpha value is -1.19. The van der Waals surface area contributed by atoms with Gasteiger partial charge in [-0.2, -0.15) is 0 Å². The second-order valence-electron chi connectivity index (χ2n) is 6.38. The lowest BCUT2D eigenvalue weighted by atomic mass is 10.4. The van der Waals surface area contributed by atoms with Gasteiger partial charge in [-0.25, -0.2) is 9.59 Å². The van der Waals surface area contributed by atoms with Gasteiger partial charge in [-0.05, 0) is 40.0 Å². The van der Waals surface area contributed by atoms with Crippen molar-refractivity contribution in [2.75, 3.05) is 12.5 Å². The van der Waals surface area contributed by atoms with Gasteiger partial charge in [0, 0.05) is 11.1 Å². The van der Waals surface area contributed by atoms with E-state index in [-0.39, 0.29) is 12.5 Å². The molecule has 0 N–H and O–H groups in total. The summed E-state index contributed by atoms with van der Waals surface area (Å²) in [6.07, 6.45) is 0.263. The van der Waals surface area contributed by atoms with E-state index in [0.717, 1.165) is 0 Å². The number of hydrogen-bond donors (Lipinski definition) is 0. The van der Waals surface area contributed by atoms with Crippen LogP contribution in [0.25, 0.3) is 0 Å². The zero-order chi connectivity index (χ0) is 16.8. The van der Waals surface area contributed by atoms with Crippen molar-refractivity contribution < 1.29 is 23.2 Å². The van der Waals surface area contributed by atoms with Crippen LogP contribution in [0.15, 0.2) is 24.3 Å². The fourth-order valence-electron chi connectivity index (χ4n) is 1.52. The van der Waals surface area contributed by atoms with E-state index in [1.165, 1.54) is 0 Å². The van der Waals surface area contributed by atoms with Crippen LogP contribution in [0.2, 0.25) is 26.2 Å². The lowest BCUT2D eigenvalue weighted by molar-refractivity contribution is -0.138. The number of ether oxygens (including phenoxy) is 2. The topological polar surface area (TPSA) is 61.8 Å². The van der Waals surface area contributed by atoms with Gasteiger partial charge >= 0.3 is 11.9 Å². The van der Waals surface area contributed by atoms with Crippen LogP contribution in [0.5, 0.6) is 0 Å². The largest absolute Gasteiger partial charge is 0.463 e. The highest BCUT2D eigenvalue weighted by atomic mass is 28.4. The van der Waals surface area contributed by atoms with Crippen LogP contribution in [0.4, 0.5) is 0 Å². The molecule has 0 aromatic rings. The Kier molecular flexibility index (Phi) is 7.28. The summed E-state index contributed by atoms with van der Waals surface area (Å²) in [5.41, 5.74) is 0.663. The van der Waals surface area contributed by atoms with Gasteiger partial charge < -0.3 is 13.6 Å². The third-order valence-electron chi connectivity index (χ3n) is 2.27. The number of carbonyl (C=O) groups is 2. The Morgan fingerprint density at radius 3 is 1.43 bits per heavy atom. The summed E-state index contributed by atoms with van der Waals surface area (Å²) in [5.74, 6) is -0.918. The van der Waals surface area contributed by atoms with Crippen molar-refractivity contribution in [1.29, 1.82) is 0 Å². The molecule has 120 valence electrons. The van der Waals surface area contributed by atoms with Gasteiger partial charge in [0.05, 0.1) is 0 Å². The smallest absolute Gasteiger partial charge is 0.332 e. The van der Waals surface area contributed by atoms with Crippen LogP contribution in [0.3, 0.4) is 0 Å². The molecule has 21 heavy (non-hydrogen) atoms. The predicted octanol–water partition coefficient (Wildman–Crippen LogP) is 2.73. The van der Waals surface area contributed by atoms with Crippen molar-refractivity contribution >= 4 is 28.6 Å². The van der Waals surface area contributed by atoms with Crippen molar-refractivity contribution in [2.24, 2.45) is 0 Å². The maximum Gasteiger partial charge on any atom is 0.332 e. The van der Waals surface area contributed by atoms with Crippen LogP contribution in [0, 0.1) is 0 Å². The van der Waals surface area contributed by atoms with Gasteiger partial charge in [-0.1, -0.05) is 13.2 Å². The average molecular weight is 331 g/mol. The standard InChI is InChI=1S/C14H26O5Si2/c1-11(2)13(15)17-9-21(8,19-20(5,6)7)10-18-14(16)12(3)4/h1,3,9-10H2,2,4-8H3. The molecule has 0 atom stereocenters. The summed E-state index contributed by atoms with van der Waals surface area (Å²) in [4.78, 5) is 23.1. The molecule has 0 aliphatic carbocycles. The van der Waals surface area contributed by atoms with Gasteiger partial charge in [0.25, 0.3) is 8.32 Å². The minimum atomic E-state index is -2.51. The maximum absolute atomic E-state index is 11.5. The number of rotatable bonds is 8. The molecular formula is C14H26O5Si2. The lowest BCUT2D eigenvalue weighted by Gasteiger charge is -2.33. The summed E-state index contributed by atoms with van der Waals surface area (Å²) in [5, 5.41) is 0. The summed E-state index contributed by atoms with van der Waals surface area (Å²) in [6.45, 7) is 18.3. The molecule has 0 amide bonds. The zero-order valence-electron chi connectivity index (χ0n) is 13.9. The molecule has 7 heteroatoms. The highest BCUT2D eigenvalue weighted by Gasteiger charge is 2.38. The Morgan fingerprint density at radius 2 is 1.19 bits per heavy atom. The van der Waals surface area contributed by atoms with Crippen molar-refractivity contribution in [2.45, 2.75) is 40.0 Å². The fraction of sp³-hybridized carbons (Fsp3) is 0.571. The molecule has 0 saturated carbocycles. The van der Waals surface area contributed by atoms with Crippen molar-refractivity contribution in [3.8, 4) is 0 Å². The van der Waals surface area contributed by atoms with Crippen molar-refractivity contribution in [3.63, 3.8) is 0 Å². The fourth-order valence-corrected chi connectivity index (χ4v) is 8.86. The van der Waals surface area contributed by atoms with Crippen LogP contribution in [0.1, 0.15) is 13.8 Å². The predicted molar refractivity (Wildman–Crippen MR) is 87.6 cm³/mol. The first-order chi connectivity index (χ1) is 9.36. The highest BCUT2D eigenvalue weighted by Crippen LogP contribution is 2.16. The molecule has 0 aliphatic heterocycles. The van der Waals surface area contributed by atoms with E-state index >= 15 is 0 Å². The van der Waals surface area contributed by atoms with Crippen molar-refractivity contribution in [1.82, 2.24) is 0 Å². The van der Waals surface area contributed by atoms with E-state index < -0.39 is 28.6 Å². The molecule has 0 radical (unpaired) electrons. The van der Waals surface area contributed by atoms with Gasteiger partial charge in [-0.15, -0.1) is 0 Å². The average Bonchev–Trinajstić information content (AvgIpc) is 2.30. The molecule has 0 aromatic heterocycles. The second-order valence-corrected chi connectivity index (χ2v) is 14.9. The third kappa shape index (κ3) is 8.64. The quantitative estimate of drug-likeness (QED) is 0.389. The van der Waals surface area contributed by atoms with Crippen LogP contribution < -0.4 is 0 Å². The second kappa shape index (κ2) is 7.72. The Labute approximate surface area is 129 Å². The molecule has 5 nitrogen and oxygen atoms in total. The van der Waals surface area contributed by atoms with Crippen LogP contribution in [-0.2, 0) is 23.2 Å². The normalized spacial score (nSPS) is 11.7. The Balaban J connectivity index is 4.84. The van der Waals surface area contributed by atoms with Crippen LogP contribution >= 0.6 is 0 Å². The van der Waals surface area contributed by atoms with E-state index in [2.05, 4.69) is 13.2 Å². The molecule has 0 spiro atoms. The van der Waals surface area contributed by atoms with Gasteiger partial charge in [0.15, 0.2) is 8.32 Å². The Morgan fingerprint density at radius 1 is 0.857 bits per heavy atom. The minimum Gasteiger partial charge on any atom is -0.463 e. The van der Waals surface area contributed by atoms with Gasteiger partial charge in [0.2, 0.25) is 0 Å². The minimum absolute atomic E-state index is 0.131. The first-order valence-corrected chi connectivity index (χ1v) is 12.9. The molecule has 0 unspecified atom stereocenters. The summed E-state index contributed by atoms with van der Waals surface area (Å²) in [7, 11) is -4.37. The maximum atomic E-state index is 11.5. The molecule has 0 aliphatic rings. The highest BCUT2D eigenvalue weighted by molar-refractivity contribution is 6.85. The number of esters is 2. The molecule has 0 bridgehead atoms. The molecular weight excluding hydrogens is 304 g/mol. The molecule has 0 rings (SSSR count). The Bertz CT molecular complexity index is 407. The van der Waals surface area contributed by atoms with E-state index in [1.807, 2.05) is 26.2 Å². The number of carbonyl (C=O) groups excluding carboxylic acids is 2. The van der Waals surface area contributed by atoms with Gasteiger partial charge in [-0.3, -0.25) is 0 Å². The number of hydrogen-bond acceptors (Lipinski definition) is 5. The molecule has 0 heterocycles. The monoisotopic (exact) mass is 330 g/mol. The molecule has 0 aromatic carbocycles. The third-order valence-corrected chi connectivity index (χ3v) is 8.20. The SMILES string of the molecule is C=C(C)C(=O)OC[Si](C)(COC(=O)C(=C)C)O[Si](C)(C)C. The molecule has 0 fully saturated rings. The first-order valence-electron chi connectivity index (χ1n) is 6.72. The zero-order valence-corrected chi connectivity index (χ0v) is 15.9. The van der Waals surface area contributed by atoms with Crippen LogP contribution in [-0.4, -0.2) is 41.0 Å². The van der Waals surface area contributed by atoms with E-state index in [1.54, 1.807) is 13.8 Å². The summed E-state index contributed by atoms with van der Waals surface area (Å²) >= 11 is 0. The lowest BCUT2D eigenvalue weighted by Crippen LogP contribution is -2.53. The summed E-state index contributed by atoms with van der Waals surface area (Å²) < 4.78 is 16.6. The van der Waals surface area contributed by atoms with E-state index in [0.29, 0.717) is 11.1 Å². The van der Waals surface area contributed by atoms with Crippen molar-refractivity contribution in [3.05, 3.63) is 24.3 Å². The molecule has 0 saturated heterocycles. The van der Waals surface area contributed by atoms with E-state index in [9.17, 15) is 9.59 Å². The summed E-state index contributed by atoms with van der Waals surface area (Å²) in [6, 6.07) is 0. The van der Waals surface area contributed by atoms with E-state index in [4.69, 9.17) is 13.6 Å².